The lowest BCUT2D eigenvalue weighted by Crippen LogP contribution is -2.31. The van der Waals surface area contributed by atoms with E-state index in [-0.39, 0.29) is 17.6 Å². The lowest BCUT2D eigenvalue weighted by molar-refractivity contribution is 0.0765. The van der Waals surface area contributed by atoms with E-state index < -0.39 is 12.3 Å². The van der Waals surface area contributed by atoms with Crippen LogP contribution in [-0.2, 0) is 6.42 Å². The third-order valence-electron chi connectivity index (χ3n) is 5.67. The van der Waals surface area contributed by atoms with Crippen molar-refractivity contribution in [2.75, 3.05) is 6.67 Å². The molecule has 0 saturated heterocycles. The number of allylic oxidation sites excluding steroid dienone is 3. The molecule has 1 aliphatic carbocycles. The molecule has 0 aliphatic heterocycles. The number of rotatable bonds is 9. The Morgan fingerprint density at radius 1 is 1.32 bits per heavy atom. The summed E-state index contributed by atoms with van der Waals surface area (Å²) in [5.74, 6) is 1.11. The zero-order valence-corrected chi connectivity index (χ0v) is 18.3. The third-order valence-corrected chi connectivity index (χ3v) is 5.67. The van der Waals surface area contributed by atoms with Crippen LogP contribution >= 0.6 is 0 Å². The van der Waals surface area contributed by atoms with Crippen molar-refractivity contribution in [3.63, 3.8) is 0 Å². The van der Waals surface area contributed by atoms with E-state index in [2.05, 4.69) is 26.5 Å². The fourth-order valence-electron chi connectivity index (χ4n) is 4.04. The molecule has 2 nitrogen and oxygen atoms in total. The Labute approximate surface area is 170 Å². The standard InChI is InChI=1S/C25H37FO2/c1-7-8-9-10-19-14-22(27)24(23(15-19)28-25(5,6)16-26)21-13-18(4)11-12-20(21)17(2)3/h13-15,20-21,27H,2,7-12,16H2,1,3-6H3. The van der Waals surface area contributed by atoms with Gasteiger partial charge in [-0.3, -0.25) is 0 Å². The van der Waals surface area contributed by atoms with Gasteiger partial charge in [0.1, 0.15) is 23.8 Å². The van der Waals surface area contributed by atoms with Crippen LogP contribution in [0.15, 0.2) is 35.9 Å². The largest absolute Gasteiger partial charge is 0.507 e. The number of phenolic OH excluding ortho intramolecular Hbond substituents is 1. The first-order chi connectivity index (χ1) is 13.2. The molecule has 0 spiro atoms. The zero-order valence-electron chi connectivity index (χ0n) is 18.3. The maximum atomic E-state index is 13.5. The van der Waals surface area contributed by atoms with Crippen molar-refractivity contribution in [1.29, 1.82) is 0 Å². The summed E-state index contributed by atoms with van der Waals surface area (Å²) in [7, 11) is 0. The Bertz CT molecular complexity index is 718. The van der Waals surface area contributed by atoms with Crippen molar-refractivity contribution < 1.29 is 14.2 Å². The molecule has 0 saturated carbocycles. The fourth-order valence-corrected chi connectivity index (χ4v) is 4.04. The van der Waals surface area contributed by atoms with E-state index in [9.17, 15) is 9.50 Å². The Balaban J connectivity index is 2.53. The molecule has 2 atom stereocenters. The van der Waals surface area contributed by atoms with Crippen LogP contribution in [0.4, 0.5) is 4.39 Å². The van der Waals surface area contributed by atoms with Gasteiger partial charge in [0.05, 0.1) is 0 Å². The predicted molar refractivity (Wildman–Crippen MR) is 116 cm³/mol. The molecular formula is C25H37FO2. The molecule has 1 aromatic rings. The summed E-state index contributed by atoms with van der Waals surface area (Å²) in [6.07, 6.45) is 8.52. The van der Waals surface area contributed by atoms with Crippen LogP contribution in [0.1, 0.15) is 83.8 Å². The van der Waals surface area contributed by atoms with E-state index in [1.54, 1.807) is 13.8 Å². The number of ether oxygens (including phenoxy) is 1. The van der Waals surface area contributed by atoms with E-state index >= 15 is 0 Å². The Morgan fingerprint density at radius 2 is 2.04 bits per heavy atom. The maximum absolute atomic E-state index is 13.5. The monoisotopic (exact) mass is 388 g/mol. The van der Waals surface area contributed by atoms with Crippen molar-refractivity contribution in [2.24, 2.45) is 5.92 Å². The van der Waals surface area contributed by atoms with Gasteiger partial charge < -0.3 is 9.84 Å². The molecule has 28 heavy (non-hydrogen) atoms. The van der Waals surface area contributed by atoms with Crippen LogP contribution in [0.5, 0.6) is 11.5 Å². The highest BCUT2D eigenvalue weighted by molar-refractivity contribution is 5.52. The van der Waals surface area contributed by atoms with Gasteiger partial charge in [0.2, 0.25) is 0 Å². The molecular weight excluding hydrogens is 351 g/mol. The van der Waals surface area contributed by atoms with Crippen molar-refractivity contribution in [3.8, 4) is 11.5 Å². The van der Waals surface area contributed by atoms with Gasteiger partial charge in [-0.05, 0) is 77.0 Å². The van der Waals surface area contributed by atoms with Crippen molar-refractivity contribution >= 4 is 0 Å². The highest BCUT2D eigenvalue weighted by atomic mass is 19.1. The van der Waals surface area contributed by atoms with E-state index in [1.165, 1.54) is 5.57 Å². The molecule has 3 heteroatoms. The second kappa shape index (κ2) is 9.62. The number of unbranched alkanes of at least 4 members (excludes halogenated alkanes) is 2. The summed E-state index contributed by atoms with van der Waals surface area (Å²) >= 11 is 0. The molecule has 0 bridgehead atoms. The average Bonchev–Trinajstić information content (AvgIpc) is 2.61. The van der Waals surface area contributed by atoms with Gasteiger partial charge in [-0.15, -0.1) is 0 Å². The quantitative estimate of drug-likeness (QED) is 0.356. The van der Waals surface area contributed by atoms with Crippen molar-refractivity contribution in [2.45, 2.75) is 84.7 Å². The molecule has 0 fully saturated rings. The Hall–Kier alpha value is -1.77. The molecule has 1 aromatic carbocycles. The summed E-state index contributed by atoms with van der Waals surface area (Å²) in [5, 5.41) is 11.0. The Morgan fingerprint density at radius 3 is 2.64 bits per heavy atom. The van der Waals surface area contributed by atoms with E-state index in [1.807, 2.05) is 19.1 Å². The number of halogens is 1. The number of hydrogen-bond donors (Lipinski definition) is 1. The Kier molecular flexibility index (Phi) is 7.74. The number of alkyl halides is 1. The SMILES string of the molecule is C=C(C)C1CCC(C)=CC1c1c(O)cc(CCCCC)cc1OC(C)(C)CF. The molecule has 156 valence electrons. The molecule has 0 aromatic heterocycles. The second-order valence-electron chi connectivity index (χ2n) is 9.01. The molecule has 0 heterocycles. The fraction of sp³-hybridized carbons (Fsp3) is 0.600. The molecule has 1 N–H and O–H groups in total. The van der Waals surface area contributed by atoms with Crippen LogP contribution in [0, 0.1) is 5.92 Å². The summed E-state index contributed by atoms with van der Waals surface area (Å²) in [4.78, 5) is 0. The minimum absolute atomic E-state index is 0.00125. The smallest absolute Gasteiger partial charge is 0.132 e. The third kappa shape index (κ3) is 5.62. The van der Waals surface area contributed by atoms with Gasteiger partial charge in [0.25, 0.3) is 0 Å². The summed E-state index contributed by atoms with van der Waals surface area (Å²) in [6.45, 7) is 13.4. The van der Waals surface area contributed by atoms with Gasteiger partial charge >= 0.3 is 0 Å². The molecule has 0 amide bonds. The lowest BCUT2D eigenvalue weighted by Gasteiger charge is -2.34. The maximum Gasteiger partial charge on any atom is 0.132 e. The minimum atomic E-state index is -0.935. The first-order valence-electron chi connectivity index (χ1n) is 10.6. The number of phenols is 1. The van der Waals surface area contributed by atoms with Gasteiger partial charge in [-0.25, -0.2) is 4.39 Å². The number of aromatic hydroxyl groups is 1. The van der Waals surface area contributed by atoms with Crippen LogP contribution in [0.25, 0.3) is 0 Å². The van der Waals surface area contributed by atoms with Crippen LogP contribution < -0.4 is 4.74 Å². The van der Waals surface area contributed by atoms with Crippen LogP contribution in [0.3, 0.4) is 0 Å². The van der Waals surface area contributed by atoms with Gasteiger partial charge in [-0.1, -0.05) is 43.6 Å². The van der Waals surface area contributed by atoms with E-state index in [0.717, 1.165) is 55.2 Å². The highest BCUT2D eigenvalue weighted by Crippen LogP contribution is 2.47. The first-order valence-corrected chi connectivity index (χ1v) is 10.6. The second-order valence-corrected chi connectivity index (χ2v) is 9.01. The topological polar surface area (TPSA) is 29.5 Å². The number of hydrogen-bond acceptors (Lipinski definition) is 2. The van der Waals surface area contributed by atoms with Gasteiger partial charge in [0.15, 0.2) is 0 Å². The molecule has 1 aliphatic rings. The minimum Gasteiger partial charge on any atom is -0.507 e. The molecule has 0 radical (unpaired) electrons. The number of benzene rings is 1. The summed E-state index contributed by atoms with van der Waals surface area (Å²) in [6, 6.07) is 3.88. The predicted octanol–water partition coefficient (Wildman–Crippen LogP) is 7.27. The summed E-state index contributed by atoms with van der Waals surface area (Å²) < 4.78 is 19.7. The van der Waals surface area contributed by atoms with Crippen LogP contribution in [0.2, 0.25) is 0 Å². The normalized spacial score (nSPS) is 20.0. The zero-order chi connectivity index (χ0) is 20.9. The molecule has 2 unspecified atom stereocenters. The van der Waals surface area contributed by atoms with Gasteiger partial charge in [-0.2, -0.15) is 0 Å². The average molecular weight is 389 g/mol. The summed E-state index contributed by atoms with van der Waals surface area (Å²) in [5.41, 5.74) is 3.30. The highest BCUT2D eigenvalue weighted by Gasteiger charge is 2.32. The van der Waals surface area contributed by atoms with Crippen molar-refractivity contribution in [1.82, 2.24) is 0 Å². The first kappa shape index (κ1) is 22.5. The molecule has 2 rings (SSSR count). The number of aryl methyl sites for hydroxylation is 1. The lowest BCUT2D eigenvalue weighted by atomic mass is 9.73. The van der Waals surface area contributed by atoms with E-state index in [0.29, 0.717) is 5.75 Å². The van der Waals surface area contributed by atoms with Gasteiger partial charge in [0, 0.05) is 11.5 Å². The van der Waals surface area contributed by atoms with E-state index in [4.69, 9.17) is 4.74 Å². The van der Waals surface area contributed by atoms with Crippen LogP contribution in [-0.4, -0.2) is 17.4 Å². The van der Waals surface area contributed by atoms with Crippen molar-refractivity contribution in [3.05, 3.63) is 47.1 Å².